The van der Waals surface area contributed by atoms with Gasteiger partial charge in [0, 0.05) is 16.7 Å². The monoisotopic (exact) mass is 421 g/mol. The molecule has 0 fully saturated rings. The molecule has 1 aromatic heterocycles. The average molecular weight is 422 g/mol. The van der Waals surface area contributed by atoms with Gasteiger partial charge in [-0.15, -0.1) is 0 Å². The number of hydrogen-bond acceptors (Lipinski definition) is 5. The number of para-hydroxylation sites is 3. The highest BCUT2D eigenvalue weighted by Gasteiger charge is 2.16. The molecular weight excluding hydrogens is 406 g/mol. The van der Waals surface area contributed by atoms with Crippen LogP contribution < -0.4 is 10.3 Å². The van der Waals surface area contributed by atoms with Crippen molar-refractivity contribution >= 4 is 28.2 Å². The Balaban J connectivity index is 1.71. The van der Waals surface area contributed by atoms with E-state index in [4.69, 9.17) is 16.3 Å². The van der Waals surface area contributed by atoms with E-state index in [9.17, 15) is 14.9 Å². The first-order chi connectivity index (χ1) is 14.5. The van der Waals surface area contributed by atoms with Gasteiger partial charge < -0.3 is 4.74 Å². The van der Waals surface area contributed by atoms with E-state index >= 15 is 0 Å². The van der Waals surface area contributed by atoms with Gasteiger partial charge in [0.2, 0.25) is 0 Å². The van der Waals surface area contributed by atoms with Crippen molar-refractivity contribution in [2.75, 3.05) is 6.61 Å². The molecule has 0 atom stereocenters. The minimum absolute atomic E-state index is 0.0609. The SMILES string of the molecule is O=c1c2ccccc2nc(-c2ccc(Cl)cc2)n1CCOc1ccccc1[N+](=O)[O-]. The molecule has 4 aromatic rings. The molecule has 0 aliphatic heterocycles. The average Bonchev–Trinajstić information content (AvgIpc) is 2.76. The number of rotatable bonds is 6. The Morgan fingerprint density at radius 2 is 1.70 bits per heavy atom. The molecule has 1 heterocycles. The second-order valence-corrected chi connectivity index (χ2v) is 6.93. The molecule has 3 aromatic carbocycles. The van der Waals surface area contributed by atoms with Crippen molar-refractivity contribution < 1.29 is 9.66 Å². The van der Waals surface area contributed by atoms with Crippen LogP contribution in [0.3, 0.4) is 0 Å². The number of benzene rings is 3. The number of nitro benzene ring substituents is 1. The Bertz CT molecular complexity index is 1290. The van der Waals surface area contributed by atoms with Crippen LogP contribution in [0, 0.1) is 10.1 Å². The smallest absolute Gasteiger partial charge is 0.310 e. The Kier molecular flexibility index (Phi) is 5.45. The predicted molar refractivity (Wildman–Crippen MR) is 115 cm³/mol. The first-order valence-corrected chi connectivity index (χ1v) is 9.54. The van der Waals surface area contributed by atoms with E-state index in [1.165, 1.54) is 16.7 Å². The molecule has 0 N–H and O–H groups in total. The van der Waals surface area contributed by atoms with Gasteiger partial charge in [-0.25, -0.2) is 4.98 Å². The summed E-state index contributed by atoms with van der Waals surface area (Å²) in [5.41, 5.74) is 0.979. The molecule has 0 aliphatic rings. The number of fused-ring (bicyclic) bond motifs is 1. The van der Waals surface area contributed by atoms with Crippen molar-refractivity contribution in [2.45, 2.75) is 6.54 Å². The second kappa shape index (κ2) is 8.34. The lowest BCUT2D eigenvalue weighted by Gasteiger charge is -2.14. The molecule has 0 saturated heterocycles. The summed E-state index contributed by atoms with van der Waals surface area (Å²) in [6.07, 6.45) is 0. The third kappa shape index (κ3) is 3.88. The fourth-order valence-corrected chi connectivity index (χ4v) is 3.30. The van der Waals surface area contributed by atoms with E-state index < -0.39 is 4.92 Å². The summed E-state index contributed by atoms with van der Waals surface area (Å²) in [7, 11) is 0. The minimum Gasteiger partial charge on any atom is -0.485 e. The molecule has 0 bridgehead atoms. The second-order valence-electron chi connectivity index (χ2n) is 6.49. The van der Waals surface area contributed by atoms with E-state index in [2.05, 4.69) is 4.98 Å². The fraction of sp³-hybridized carbons (Fsp3) is 0.0909. The summed E-state index contributed by atoms with van der Waals surface area (Å²) in [5.74, 6) is 0.624. The van der Waals surface area contributed by atoms with E-state index in [1.54, 1.807) is 54.6 Å². The number of halogens is 1. The van der Waals surface area contributed by atoms with E-state index in [0.29, 0.717) is 21.7 Å². The van der Waals surface area contributed by atoms with E-state index in [1.807, 2.05) is 6.07 Å². The molecule has 0 amide bonds. The summed E-state index contributed by atoms with van der Waals surface area (Å²) >= 11 is 5.99. The molecule has 30 heavy (non-hydrogen) atoms. The lowest BCUT2D eigenvalue weighted by atomic mass is 10.2. The minimum atomic E-state index is -0.502. The number of nitrogens with zero attached hydrogens (tertiary/aromatic N) is 3. The third-order valence-electron chi connectivity index (χ3n) is 4.60. The molecule has 0 radical (unpaired) electrons. The Morgan fingerprint density at radius 1 is 1.00 bits per heavy atom. The van der Waals surface area contributed by atoms with Gasteiger partial charge in [0.15, 0.2) is 5.75 Å². The molecule has 0 aliphatic carbocycles. The summed E-state index contributed by atoms with van der Waals surface area (Å²) in [5, 5.41) is 12.2. The van der Waals surface area contributed by atoms with Crippen LogP contribution in [0.1, 0.15) is 0 Å². The van der Waals surface area contributed by atoms with Crippen LogP contribution >= 0.6 is 11.6 Å². The number of aromatic nitrogens is 2. The summed E-state index contributed by atoms with van der Waals surface area (Å²) in [6, 6.07) is 20.3. The predicted octanol–water partition coefficient (Wildman–Crippen LogP) is 4.70. The Morgan fingerprint density at radius 3 is 2.47 bits per heavy atom. The first kappa shape index (κ1) is 19.6. The zero-order valence-electron chi connectivity index (χ0n) is 15.7. The van der Waals surface area contributed by atoms with Crippen LogP contribution in [0.15, 0.2) is 77.6 Å². The molecular formula is C22H16ClN3O4. The summed E-state index contributed by atoms with van der Waals surface area (Å²) in [6.45, 7) is 0.228. The van der Waals surface area contributed by atoms with Gasteiger partial charge in [0.1, 0.15) is 12.4 Å². The van der Waals surface area contributed by atoms with Crippen molar-refractivity contribution in [3.63, 3.8) is 0 Å². The van der Waals surface area contributed by atoms with Crippen LogP contribution in [0.5, 0.6) is 5.75 Å². The van der Waals surface area contributed by atoms with Gasteiger partial charge >= 0.3 is 5.69 Å². The van der Waals surface area contributed by atoms with Gasteiger partial charge in [-0.1, -0.05) is 35.9 Å². The maximum atomic E-state index is 13.1. The Hall–Kier alpha value is -3.71. The zero-order chi connectivity index (χ0) is 21.1. The third-order valence-corrected chi connectivity index (χ3v) is 4.85. The number of nitro groups is 1. The summed E-state index contributed by atoms with van der Waals surface area (Å²) < 4.78 is 7.14. The number of hydrogen-bond donors (Lipinski definition) is 0. The molecule has 4 rings (SSSR count). The molecule has 150 valence electrons. The van der Waals surface area contributed by atoms with Crippen molar-refractivity contribution in [2.24, 2.45) is 0 Å². The quantitative estimate of drug-likeness (QED) is 0.332. The molecule has 7 nitrogen and oxygen atoms in total. The van der Waals surface area contributed by atoms with Crippen LogP contribution in [0.4, 0.5) is 5.69 Å². The fourth-order valence-electron chi connectivity index (χ4n) is 3.17. The normalized spacial score (nSPS) is 10.8. The van der Waals surface area contributed by atoms with Crippen LogP contribution in [-0.2, 0) is 6.54 Å². The Labute approximate surface area is 176 Å². The standard InChI is InChI=1S/C22H16ClN3O4/c23-16-11-9-15(10-12-16)21-24-18-6-2-1-5-17(18)22(27)25(21)13-14-30-20-8-4-3-7-19(20)26(28)29/h1-12H,13-14H2. The van der Waals surface area contributed by atoms with Crippen molar-refractivity contribution in [3.8, 4) is 17.1 Å². The molecule has 0 unspecified atom stereocenters. The van der Waals surface area contributed by atoms with Gasteiger partial charge in [0.05, 0.1) is 22.4 Å². The molecule has 0 spiro atoms. The zero-order valence-corrected chi connectivity index (χ0v) is 16.5. The van der Waals surface area contributed by atoms with Gasteiger partial charge in [-0.2, -0.15) is 0 Å². The van der Waals surface area contributed by atoms with Crippen molar-refractivity contribution in [1.82, 2.24) is 9.55 Å². The summed E-state index contributed by atoms with van der Waals surface area (Å²) in [4.78, 5) is 28.5. The van der Waals surface area contributed by atoms with Gasteiger partial charge in [-0.05, 0) is 42.5 Å². The highest BCUT2D eigenvalue weighted by atomic mass is 35.5. The first-order valence-electron chi connectivity index (χ1n) is 9.16. The molecule has 8 heteroatoms. The van der Waals surface area contributed by atoms with Crippen LogP contribution in [0.25, 0.3) is 22.3 Å². The maximum Gasteiger partial charge on any atom is 0.310 e. The largest absolute Gasteiger partial charge is 0.485 e. The van der Waals surface area contributed by atoms with Gasteiger partial charge in [-0.3, -0.25) is 19.5 Å². The highest BCUT2D eigenvalue weighted by Crippen LogP contribution is 2.26. The van der Waals surface area contributed by atoms with Crippen LogP contribution in [-0.4, -0.2) is 21.1 Å². The van der Waals surface area contributed by atoms with Crippen molar-refractivity contribution in [1.29, 1.82) is 0 Å². The lowest BCUT2D eigenvalue weighted by molar-refractivity contribution is -0.385. The van der Waals surface area contributed by atoms with E-state index in [0.717, 1.165) is 5.56 Å². The maximum absolute atomic E-state index is 13.1. The van der Waals surface area contributed by atoms with E-state index in [-0.39, 0.29) is 30.1 Å². The highest BCUT2D eigenvalue weighted by molar-refractivity contribution is 6.30. The van der Waals surface area contributed by atoms with Gasteiger partial charge in [0.25, 0.3) is 5.56 Å². The lowest BCUT2D eigenvalue weighted by Crippen LogP contribution is -2.26. The molecule has 0 saturated carbocycles. The van der Waals surface area contributed by atoms with Crippen molar-refractivity contribution in [3.05, 3.63) is 98.3 Å². The van der Waals surface area contributed by atoms with Crippen LogP contribution in [0.2, 0.25) is 5.02 Å². The topological polar surface area (TPSA) is 87.3 Å². The number of ether oxygens (including phenoxy) is 1.